The molecule has 5 nitrogen and oxygen atoms in total. The van der Waals surface area contributed by atoms with E-state index < -0.39 is 5.60 Å². The van der Waals surface area contributed by atoms with Crippen LogP contribution in [0.3, 0.4) is 0 Å². The third-order valence-electron chi connectivity index (χ3n) is 3.65. The number of carbonyl (C=O) groups is 1. The number of piperidine rings is 1. The number of benzene rings is 1. The summed E-state index contributed by atoms with van der Waals surface area (Å²) < 4.78 is 5.41. The minimum atomic E-state index is -0.513. The number of amides is 1. The predicted octanol–water partition coefficient (Wildman–Crippen LogP) is 2.44. The minimum absolute atomic E-state index is 0.0722. The Morgan fingerprint density at radius 2 is 2.05 bits per heavy atom. The van der Waals surface area contributed by atoms with Crippen molar-refractivity contribution in [2.24, 2.45) is 5.73 Å². The highest BCUT2D eigenvalue weighted by atomic mass is 16.6. The van der Waals surface area contributed by atoms with Crippen molar-refractivity contribution in [3.8, 4) is 5.75 Å². The van der Waals surface area contributed by atoms with Gasteiger partial charge in [-0.15, -0.1) is 0 Å². The zero-order valence-electron chi connectivity index (χ0n) is 12.9. The minimum Gasteiger partial charge on any atom is -0.508 e. The molecule has 1 saturated heterocycles. The highest BCUT2D eigenvalue weighted by Crippen LogP contribution is 2.32. The predicted molar refractivity (Wildman–Crippen MR) is 81.2 cm³/mol. The molecule has 0 spiro atoms. The SMILES string of the molecule is CC(C)(C)OC(=O)N1CCC(N)C(c2ccccc2O)C1. The maximum atomic E-state index is 12.2. The van der Waals surface area contributed by atoms with Gasteiger partial charge in [-0.05, 0) is 33.3 Å². The molecule has 1 fully saturated rings. The average Bonchev–Trinajstić information content (AvgIpc) is 2.38. The molecule has 1 aliphatic rings. The summed E-state index contributed by atoms with van der Waals surface area (Å²) in [6, 6.07) is 7.08. The Morgan fingerprint density at radius 3 is 2.67 bits per heavy atom. The molecule has 0 radical (unpaired) electrons. The molecule has 0 aliphatic carbocycles. The van der Waals surface area contributed by atoms with Gasteiger partial charge in [-0.3, -0.25) is 0 Å². The molecule has 1 aromatic rings. The maximum Gasteiger partial charge on any atom is 0.410 e. The van der Waals surface area contributed by atoms with Crippen LogP contribution < -0.4 is 5.73 Å². The second-order valence-corrected chi connectivity index (χ2v) is 6.54. The fourth-order valence-electron chi connectivity index (χ4n) is 2.59. The molecule has 1 amide bonds. The number of phenols is 1. The highest BCUT2D eigenvalue weighted by molar-refractivity contribution is 5.68. The van der Waals surface area contributed by atoms with E-state index in [-0.39, 0.29) is 23.8 Å². The van der Waals surface area contributed by atoms with Crippen LogP contribution in [0.2, 0.25) is 0 Å². The van der Waals surface area contributed by atoms with Crippen LogP contribution in [0.25, 0.3) is 0 Å². The summed E-state index contributed by atoms with van der Waals surface area (Å²) in [7, 11) is 0. The van der Waals surface area contributed by atoms with Gasteiger partial charge in [-0.2, -0.15) is 0 Å². The summed E-state index contributed by atoms with van der Waals surface area (Å²) in [5.41, 5.74) is 6.46. The first-order chi connectivity index (χ1) is 9.78. The van der Waals surface area contributed by atoms with Crippen LogP contribution in [0, 0.1) is 0 Å². The van der Waals surface area contributed by atoms with Crippen molar-refractivity contribution >= 4 is 6.09 Å². The van der Waals surface area contributed by atoms with E-state index in [4.69, 9.17) is 10.5 Å². The van der Waals surface area contributed by atoms with Gasteiger partial charge in [0.25, 0.3) is 0 Å². The van der Waals surface area contributed by atoms with Gasteiger partial charge in [-0.1, -0.05) is 18.2 Å². The highest BCUT2D eigenvalue weighted by Gasteiger charge is 2.33. The summed E-state index contributed by atoms with van der Waals surface area (Å²) in [6.45, 7) is 6.59. The average molecular weight is 292 g/mol. The van der Waals surface area contributed by atoms with Crippen molar-refractivity contribution < 1.29 is 14.6 Å². The van der Waals surface area contributed by atoms with Crippen LogP contribution in [0.15, 0.2) is 24.3 Å². The van der Waals surface area contributed by atoms with Gasteiger partial charge < -0.3 is 20.5 Å². The van der Waals surface area contributed by atoms with Gasteiger partial charge >= 0.3 is 6.09 Å². The Kier molecular flexibility index (Phi) is 4.42. The number of aromatic hydroxyl groups is 1. The molecule has 1 aromatic carbocycles. The molecule has 2 rings (SSSR count). The molecular formula is C16H24N2O3. The van der Waals surface area contributed by atoms with E-state index in [1.54, 1.807) is 17.0 Å². The number of para-hydroxylation sites is 1. The number of phenolic OH excluding ortho intramolecular Hbond substituents is 1. The fraction of sp³-hybridized carbons (Fsp3) is 0.562. The largest absolute Gasteiger partial charge is 0.508 e. The number of ether oxygens (including phenoxy) is 1. The normalized spacial score (nSPS) is 23.0. The zero-order chi connectivity index (χ0) is 15.6. The lowest BCUT2D eigenvalue weighted by molar-refractivity contribution is 0.0185. The molecule has 0 saturated carbocycles. The van der Waals surface area contributed by atoms with Crippen LogP contribution in [-0.2, 0) is 4.74 Å². The Labute approximate surface area is 125 Å². The zero-order valence-corrected chi connectivity index (χ0v) is 12.9. The van der Waals surface area contributed by atoms with Crippen molar-refractivity contribution in [2.75, 3.05) is 13.1 Å². The Bertz CT molecular complexity index is 510. The topological polar surface area (TPSA) is 75.8 Å². The summed E-state index contributed by atoms with van der Waals surface area (Å²) in [6.07, 6.45) is 0.368. The third kappa shape index (κ3) is 3.88. The number of carbonyl (C=O) groups excluding carboxylic acids is 1. The molecule has 1 heterocycles. The molecule has 2 unspecified atom stereocenters. The molecule has 3 N–H and O–H groups in total. The van der Waals surface area contributed by atoms with E-state index in [2.05, 4.69) is 0 Å². The Hall–Kier alpha value is -1.75. The first-order valence-corrected chi connectivity index (χ1v) is 7.29. The lowest BCUT2D eigenvalue weighted by Gasteiger charge is -2.37. The van der Waals surface area contributed by atoms with Gasteiger partial charge in [0.15, 0.2) is 0 Å². The standard InChI is InChI=1S/C16H24N2O3/c1-16(2,3)21-15(20)18-9-8-13(17)12(10-18)11-6-4-5-7-14(11)19/h4-7,12-13,19H,8-10,17H2,1-3H3. The van der Waals surface area contributed by atoms with E-state index in [0.29, 0.717) is 19.5 Å². The first-order valence-electron chi connectivity index (χ1n) is 7.29. The number of nitrogens with two attached hydrogens (primary N) is 1. The molecule has 116 valence electrons. The molecule has 21 heavy (non-hydrogen) atoms. The number of hydrogen-bond acceptors (Lipinski definition) is 4. The molecule has 1 aliphatic heterocycles. The summed E-state index contributed by atoms with van der Waals surface area (Å²) in [5, 5.41) is 10.0. The van der Waals surface area contributed by atoms with Crippen molar-refractivity contribution in [1.82, 2.24) is 4.90 Å². The third-order valence-corrected chi connectivity index (χ3v) is 3.65. The van der Waals surface area contributed by atoms with Crippen molar-refractivity contribution in [3.63, 3.8) is 0 Å². The van der Waals surface area contributed by atoms with Gasteiger partial charge in [0, 0.05) is 30.6 Å². The number of hydrogen-bond donors (Lipinski definition) is 2. The monoisotopic (exact) mass is 292 g/mol. The van der Waals surface area contributed by atoms with Crippen LogP contribution in [0.4, 0.5) is 4.79 Å². The van der Waals surface area contributed by atoms with E-state index in [9.17, 15) is 9.90 Å². The van der Waals surface area contributed by atoms with Gasteiger partial charge in [-0.25, -0.2) is 4.79 Å². The smallest absolute Gasteiger partial charge is 0.410 e. The fourth-order valence-corrected chi connectivity index (χ4v) is 2.59. The van der Waals surface area contributed by atoms with Gasteiger partial charge in [0.05, 0.1) is 0 Å². The van der Waals surface area contributed by atoms with E-state index in [0.717, 1.165) is 5.56 Å². The van der Waals surface area contributed by atoms with Crippen LogP contribution >= 0.6 is 0 Å². The number of likely N-dealkylation sites (tertiary alicyclic amines) is 1. The lowest BCUT2D eigenvalue weighted by atomic mass is 9.86. The molecule has 0 bridgehead atoms. The number of rotatable bonds is 1. The molecular weight excluding hydrogens is 268 g/mol. The number of nitrogens with zero attached hydrogens (tertiary/aromatic N) is 1. The van der Waals surface area contributed by atoms with Gasteiger partial charge in [0.1, 0.15) is 11.4 Å². The van der Waals surface area contributed by atoms with Crippen molar-refractivity contribution in [2.45, 2.75) is 44.8 Å². The Morgan fingerprint density at radius 1 is 1.38 bits per heavy atom. The van der Waals surface area contributed by atoms with E-state index >= 15 is 0 Å². The first kappa shape index (κ1) is 15.6. The van der Waals surface area contributed by atoms with Crippen LogP contribution in [0.1, 0.15) is 38.7 Å². The van der Waals surface area contributed by atoms with Crippen molar-refractivity contribution in [1.29, 1.82) is 0 Å². The Balaban J connectivity index is 2.13. The van der Waals surface area contributed by atoms with Crippen LogP contribution in [-0.4, -0.2) is 40.8 Å². The molecule has 5 heteroatoms. The molecule has 2 atom stereocenters. The summed E-state index contributed by atoms with van der Waals surface area (Å²) in [5.74, 6) is 0.149. The van der Waals surface area contributed by atoms with E-state index in [1.165, 1.54) is 0 Å². The second kappa shape index (κ2) is 5.93. The quantitative estimate of drug-likeness (QED) is 0.833. The molecule has 0 aromatic heterocycles. The second-order valence-electron chi connectivity index (χ2n) is 6.54. The summed E-state index contributed by atoms with van der Waals surface area (Å²) >= 11 is 0. The lowest BCUT2D eigenvalue weighted by Crippen LogP contribution is -2.49. The summed E-state index contributed by atoms with van der Waals surface area (Å²) in [4.78, 5) is 13.9. The van der Waals surface area contributed by atoms with Crippen molar-refractivity contribution in [3.05, 3.63) is 29.8 Å². The van der Waals surface area contributed by atoms with Gasteiger partial charge in [0.2, 0.25) is 0 Å². The maximum absolute atomic E-state index is 12.2. The van der Waals surface area contributed by atoms with E-state index in [1.807, 2.05) is 32.9 Å². The van der Waals surface area contributed by atoms with Crippen LogP contribution in [0.5, 0.6) is 5.75 Å².